The van der Waals surface area contributed by atoms with Crippen molar-refractivity contribution in [2.45, 2.75) is 26.9 Å². The average molecular weight is 251 g/mol. The Morgan fingerprint density at radius 1 is 1.35 bits per heavy atom. The molecule has 1 heterocycles. The predicted molar refractivity (Wildman–Crippen MR) is 70.0 cm³/mol. The van der Waals surface area contributed by atoms with E-state index in [1.54, 1.807) is 17.0 Å². The Labute approximate surface area is 106 Å². The van der Waals surface area contributed by atoms with Crippen molar-refractivity contribution < 1.29 is 4.79 Å². The van der Waals surface area contributed by atoms with Crippen molar-refractivity contribution in [1.82, 2.24) is 5.32 Å². The molecule has 17 heavy (non-hydrogen) atoms. The van der Waals surface area contributed by atoms with Gasteiger partial charge in [-0.3, -0.25) is 9.69 Å². The molecule has 90 valence electrons. The molecule has 0 aromatic heterocycles. The maximum absolute atomic E-state index is 12.1. The molecule has 0 bridgehead atoms. The van der Waals surface area contributed by atoms with Crippen LogP contribution < -0.4 is 10.2 Å². The molecular weight excluding hydrogens is 236 g/mol. The zero-order chi connectivity index (χ0) is 12.6. The Morgan fingerprint density at radius 2 is 2.06 bits per heavy atom. The molecule has 0 saturated carbocycles. The summed E-state index contributed by atoms with van der Waals surface area (Å²) in [5, 5.41) is 3.82. The minimum Gasteiger partial charge on any atom is -0.368 e. The number of hydrogen-bond acceptors (Lipinski definition) is 2. The van der Waals surface area contributed by atoms with Gasteiger partial charge in [-0.25, -0.2) is 0 Å². The highest BCUT2D eigenvalue weighted by Crippen LogP contribution is 2.31. The number of halogens is 1. The fraction of sp³-hybridized carbons (Fsp3) is 0.308. The maximum Gasteiger partial charge on any atom is 0.254 e. The molecule has 0 fully saturated rings. The molecule has 1 N–H and O–H groups in total. The lowest BCUT2D eigenvalue weighted by atomic mass is 10.1. The van der Waals surface area contributed by atoms with E-state index in [2.05, 4.69) is 5.32 Å². The van der Waals surface area contributed by atoms with E-state index in [-0.39, 0.29) is 12.1 Å². The van der Waals surface area contributed by atoms with Crippen LogP contribution in [-0.4, -0.2) is 12.1 Å². The molecule has 4 heteroatoms. The first-order valence-corrected chi connectivity index (χ1v) is 5.91. The molecule has 0 aliphatic carbocycles. The Hall–Kier alpha value is -1.48. The number of carbonyl (C=O) groups excluding carboxylic acids is 1. The number of carbonyl (C=O) groups is 1. The largest absolute Gasteiger partial charge is 0.368 e. The topological polar surface area (TPSA) is 32.3 Å². The molecular formula is C13H15ClN2O. The standard InChI is InChI=1S/C13H15ClN2O/c1-8-5-4-6-11(14)13(8)16-10(3)15-9(2)7-12(16)17/h4-7,10,15H,1-3H3. The van der Waals surface area contributed by atoms with Gasteiger partial charge >= 0.3 is 0 Å². The number of anilines is 1. The first-order valence-electron chi connectivity index (χ1n) is 5.54. The summed E-state index contributed by atoms with van der Waals surface area (Å²) >= 11 is 6.19. The van der Waals surface area contributed by atoms with Gasteiger partial charge in [0.05, 0.1) is 10.7 Å². The molecule has 3 nitrogen and oxygen atoms in total. The van der Waals surface area contributed by atoms with Gasteiger partial charge in [-0.1, -0.05) is 23.7 Å². The summed E-state index contributed by atoms with van der Waals surface area (Å²) in [5.41, 5.74) is 2.65. The van der Waals surface area contributed by atoms with Crippen LogP contribution in [0.4, 0.5) is 5.69 Å². The van der Waals surface area contributed by atoms with E-state index in [0.717, 1.165) is 16.9 Å². The van der Waals surface area contributed by atoms with Crippen molar-refractivity contribution in [2.75, 3.05) is 4.90 Å². The van der Waals surface area contributed by atoms with Gasteiger partial charge in [-0.2, -0.15) is 0 Å². The SMILES string of the molecule is CC1=CC(=O)N(c2c(C)cccc2Cl)C(C)N1. The van der Waals surface area contributed by atoms with Gasteiger partial charge in [0.15, 0.2) is 0 Å². The minimum absolute atomic E-state index is 0.0371. The van der Waals surface area contributed by atoms with Gasteiger partial charge in [0, 0.05) is 11.8 Å². The molecule has 0 radical (unpaired) electrons. The van der Waals surface area contributed by atoms with E-state index in [4.69, 9.17) is 11.6 Å². The number of rotatable bonds is 1. The molecule has 1 aliphatic heterocycles. The van der Waals surface area contributed by atoms with Crippen molar-refractivity contribution in [3.05, 3.63) is 40.6 Å². The predicted octanol–water partition coefficient (Wildman–Crippen LogP) is 2.83. The summed E-state index contributed by atoms with van der Waals surface area (Å²) in [4.78, 5) is 13.8. The molecule has 1 aromatic rings. The smallest absolute Gasteiger partial charge is 0.254 e. The van der Waals surface area contributed by atoms with Gasteiger partial charge in [-0.15, -0.1) is 0 Å². The third-order valence-corrected chi connectivity index (χ3v) is 3.14. The summed E-state index contributed by atoms with van der Waals surface area (Å²) in [5.74, 6) is -0.0371. The van der Waals surface area contributed by atoms with E-state index >= 15 is 0 Å². The number of nitrogens with one attached hydrogen (secondary N) is 1. The third kappa shape index (κ3) is 2.15. The number of nitrogens with zero attached hydrogens (tertiary/aromatic N) is 1. The maximum atomic E-state index is 12.1. The second-order valence-electron chi connectivity index (χ2n) is 4.26. The van der Waals surface area contributed by atoms with Crippen LogP contribution in [0.2, 0.25) is 5.02 Å². The van der Waals surface area contributed by atoms with Gasteiger partial charge in [0.25, 0.3) is 5.91 Å². The number of amides is 1. The van der Waals surface area contributed by atoms with Crippen molar-refractivity contribution in [1.29, 1.82) is 0 Å². The molecule has 0 spiro atoms. The monoisotopic (exact) mass is 250 g/mol. The van der Waals surface area contributed by atoms with Crippen LogP contribution in [0, 0.1) is 6.92 Å². The van der Waals surface area contributed by atoms with Crippen molar-refractivity contribution in [3.8, 4) is 0 Å². The lowest BCUT2D eigenvalue weighted by molar-refractivity contribution is -0.115. The van der Waals surface area contributed by atoms with Gasteiger partial charge in [0.2, 0.25) is 0 Å². The average Bonchev–Trinajstić information content (AvgIpc) is 2.21. The van der Waals surface area contributed by atoms with Gasteiger partial charge in [0.1, 0.15) is 6.17 Å². The minimum atomic E-state index is -0.0916. The number of para-hydroxylation sites is 1. The molecule has 1 atom stereocenters. The Morgan fingerprint density at radius 3 is 2.65 bits per heavy atom. The molecule has 0 saturated heterocycles. The van der Waals surface area contributed by atoms with Crippen LogP contribution in [0.1, 0.15) is 19.4 Å². The van der Waals surface area contributed by atoms with E-state index in [1.807, 2.05) is 32.9 Å². The quantitative estimate of drug-likeness (QED) is 0.831. The fourth-order valence-corrected chi connectivity index (χ4v) is 2.43. The fourth-order valence-electron chi connectivity index (χ4n) is 2.11. The normalized spacial score (nSPS) is 20.0. The zero-order valence-corrected chi connectivity index (χ0v) is 10.9. The van der Waals surface area contributed by atoms with E-state index in [9.17, 15) is 4.79 Å². The van der Waals surface area contributed by atoms with E-state index in [1.165, 1.54) is 0 Å². The number of benzene rings is 1. The summed E-state index contributed by atoms with van der Waals surface area (Å²) < 4.78 is 0. The number of hydrogen-bond donors (Lipinski definition) is 1. The molecule has 2 rings (SSSR count). The van der Waals surface area contributed by atoms with Gasteiger partial charge < -0.3 is 5.32 Å². The van der Waals surface area contributed by atoms with Crippen molar-refractivity contribution in [3.63, 3.8) is 0 Å². The summed E-state index contributed by atoms with van der Waals surface area (Å²) in [6, 6.07) is 5.64. The molecule has 1 amide bonds. The number of allylic oxidation sites excluding steroid dienone is 1. The lowest BCUT2D eigenvalue weighted by Crippen LogP contribution is -2.50. The molecule has 1 aliphatic rings. The summed E-state index contributed by atoms with van der Waals surface area (Å²) in [6.45, 7) is 5.77. The highest BCUT2D eigenvalue weighted by atomic mass is 35.5. The van der Waals surface area contributed by atoms with Crippen molar-refractivity contribution in [2.24, 2.45) is 0 Å². The third-order valence-electron chi connectivity index (χ3n) is 2.83. The van der Waals surface area contributed by atoms with Crippen LogP contribution in [0.3, 0.4) is 0 Å². The molecule has 1 unspecified atom stereocenters. The summed E-state index contributed by atoms with van der Waals surface area (Å²) in [7, 11) is 0. The van der Waals surface area contributed by atoms with Crippen LogP contribution in [0.25, 0.3) is 0 Å². The summed E-state index contributed by atoms with van der Waals surface area (Å²) in [6.07, 6.45) is 1.49. The van der Waals surface area contributed by atoms with Crippen LogP contribution >= 0.6 is 11.6 Å². The van der Waals surface area contributed by atoms with Crippen LogP contribution in [0.15, 0.2) is 30.0 Å². The first-order chi connectivity index (χ1) is 8.00. The lowest BCUT2D eigenvalue weighted by Gasteiger charge is -2.35. The van der Waals surface area contributed by atoms with Crippen LogP contribution in [-0.2, 0) is 4.79 Å². The van der Waals surface area contributed by atoms with Crippen LogP contribution in [0.5, 0.6) is 0 Å². The highest BCUT2D eigenvalue weighted by molar-refractivity contribution is 6.34. The number of aryl methyl sites for hydroxylation is 1. The van der Waals surface area contributed by atoms with E-state index < -0.39 is 0 Å². The molecule has 1 aromatic carbocycles. The van der Waals surface area contributed by atoms with E-state index in [0.29, 0.717) is 5.02 Å². The second-order valence-corrected chi connectivity index (χ2v) is 4.67. The Kier molecular flexibility index (Phi) is 3.11. The van der Waals surface area contributed by atoms with Crippen molar-refractivity contribution >= 4 is 23.2 Å². The Bertz CT molecular complexity index is 476. The Balaban J connectivity index is 2.50. The zero-order valence-electron chi connectivity index (χ0n) is 10.1. The highest BCUT2D eigenvalue weighted by Gasteiger charge is 2.27. The first kappa shape index (κ1) is 12.0. The second kappa shape index (κ2) is 4.41. The van der Waals surface area contributed by atoms with Gasteiger partial charge in [-0.05, 0) is 32.4 Å².